The molecule has 1 heterocycles. The first kappa shape index (κ1) is 16.6. The number of nitrogens with zero attached hydrogens (tertiary/aromatic N) is 1. The van der Waals surface area contributed by atoms with E-state index >= 15 is 0 Å². The summed E-state index contributed by atoms with van der Waals surface area (Å²) in [5.41, 5.74) is 1.39. The first-order chi connectivity index (χ1) is 8.82. The lowest BCUT2D eigenvalue weighted by Gasteiger charge is -2.20. The van der Waals surface area contributed by atoms with Gasteiger partial charge in [-0.1, -0.05) is 54.4 Å². The summed E-state index contributed by atoms with van der Waals surface area (Å²) in [5.74, 6) is 0. The van der Waals surface area contributed by atoms with Crippen LogP contribution >= 0.6 is 11.3 Å². The van der Waals surface area contributed by atoms with Gasteiger partial charge in [-0.05, 0) is 6.42 Å². The van der Waals surface area contributed by atoms with Crippen molar-refractivity contribution < 1.29 is 0 Å². The first-order valence-corrected chi connectivity index (χ1v) is 8.41. The summed E-state index contributed by atoms with van der Waals surface area (Å²) >= 11 is 1.81. The minimum absolute atomic E-state index is 0.166. The molecule has 1 aromatic heterocycles. The molecule has 0 aliphatic carbocycles. The third-order valence-electron chi connectivity index (χ3n) is 3.22. The number of thiazole rings is 1. The monoisotopic (exact) mass is 282 g/mol. The van der Waals surface area contributed by atoms with Crippen LogP contribution < -0.4 is 5.32 Å². The van der Waals surface area contributed by atoms with E-state index in [0.717, 1.165) is 6.42 Å². The maximum absolute atomic E-state index is 4.82. The highest BCUT2D eigenvalue weighted by atomic mass is 32.1. The van der Waals surface area contributed by atoms with Gasteiger partial charge in [-0.25, -0.2) is 4.98 Å². The molecule has 1 unspecified atom stereocenters. The molecule has 0 aliphatic heterocycles. The fraction of sp³-hybridized carbons (Fsp3) is 0.812. The molecule has 1 N–H and O–H groups in total. The predicted molar refractivity (Wildman–Crippen MR) is 86.1 cm³/mol. The maximum Gasteiger partial charge on any atom is 0.0944 e. The average Bonchev–Trinajstić information content (AvgIpc) is 2.73. The highest BCUT2D eigenvalue weighted by Gasteiger charge is 2.19. The maximum atomic E-state index is 4.82. The van der Waals surface area contributed by atoms with Gasteiger partial charge in [0.15, 0.2) is 0 Å². The van der Waals surface area contributed by atoms with Gasteiger partial charge in [-0.15, -0.1) is 11.3 Å². The molecule has 3 heteroatoms. The third kappa shape index (κ3) is 6.05. The standard InChI is InChI=1S/C16H30N2S/c1-7-8-9-13(17-12(2)3)10-15-18-14(11-19-15)16(4,5)6/h11-13,17H,7-10H2,1-6H3. The molecular formula is C16H30N2S. The zero-order valence-electron chi connectivity index (χ0n) is 13.4. The van der Waals surface area contributed by atoms with E-state index in [1.807, 2.05) is 11.3 Å². The molecule has 0 spiro atoms. The van der Waals surface area contributed by atoms with Crippen LogP contribution in [0, 0.1) is 0 Å². The predicted octanol–water partition coefficient (Wildman–Crippen LogP) is 4.54. The topological polar surface area (TPSA) is 24.9 Å². The van der Waals surface area contributed by atoms with Crippen molar-refractivity contribution in [1.82, 2.24) is 10.3 Å². The van der Waals surface area contributed by atoms with Gasteiger partial charge in [0, 0.05) is 29.3 Å². The van der Waals surface area contributed by atoms with E-state index in [1.54, 1.807) is 0 Å². The second-order valence-electron chi connectivity index (χ2n) is 6.74. The highest BCUT2D eigenvalue weighted by molar-refractivity contribution is 7.09. The van der Waals surface area contributed by atoms with E-state index in [9.17, 15) is 0 Å². The van der Waals surface area contributed by atoms with E-state index in [2.05, 4.69) is 52.2 Å². The molecule has 1 atom stereocenters. The zero-order chi connectivity index (χ0) is 14.5. The van der Waals surface area contributed by atoms with Crippen LogP contribution in [0.5, 0.6) is 0 Å². The van der Waals surface area contributed by atoms with Crippen molar-refractivity contribution in [3.8, 4) is 0 Å². The minimum Gasteiger partial charge on any atom is -0.311 e. The van der Waals surface area contributed by atoms with Crippen molar-refractivity contribution in [3.05, 3.63) is 16.1 Å². The van der Waals surface area contributed by atoms with Crippen molar-refractivity contribution >= 4 is 11.3 Å². The Kier molecular flexibility index (Phi) is 6.48. The Balaban J connectivity index is 2.64. The molecule has 0 radical (unpaired) electrons. The Morgan fingerprint density at radius 1 is 1.32 bits per heavy atom. The van der Waals surface area contributed by atoms with E-state index in [0.29, 0.717) is 12.1 Å². The molecule has 1 rings (SSSR count). The van der Waals surface area contributed by atoms with Crippen molar-refractivity contribution in [3.63, 3.8) is 0 Å². The quantitative estimate of drug-likeness (QED) is 0.794. The van der Waals surface area contributed by atoms with Gasteiger partial charge in [-0.3, -0.25) is 0 Å². The number of rotatable bonds is 7. The summed E-state index contributed by atoms with van der Waals surface area (Å²) in [4.78, 5) is 4.82. The smallest absolute Gasteiger partial charge is 0.0944 e. The number of hydrogen-bond acceptors (Lipinski definition) is 3. The summed E-state index contributed by atoms with van der Waals surface area (Å²) in [5, 5.41) is 7.18. The number of unbranched alkanes of at least 4 members (excludes halogenated alkanes) is 1. The molecular weight excluding hydrogens is 252 g/mol. The van der Waals surface area contributed by atoms with Gasteiger partial charge in [0.2, 0.25) is 0 Å². The largest absolute Gasteiger partial charge is 0.311 e. The second-order valence-corrected chi connectivity index (χ2v) is 7.68. The lowest BCUT2D eigenvalue weighted by molar-refractivity contribution is 0.423. The van der Waals surface area contributed by atoms with Crippen molar-refractivity contribution in [2.24, 2.45) is 0 Å². The minimum atomic E-state index is 0.166. The fourth-order valence-electron chi connectivity index (χ4n) is 2.13. The molecule has 0 saturated carbocycles. The summed E-state index contributed by atoms with van der Waals surface area (Å²) in [7, 11) is 0. The molecule has 1 aromatic rings. The SMILES string of the molecule is CCCCC(Cc1nc(C(C)(C)C)cs1)NC(C)C. The van der Waals surface area contributed by atoms with Crippen molar-refractivity contribution in [2.75, 3.05) is 0 Å². The lowest BCUT2D eigenvalue weighted by atomic mass is 9.93. The van der Waals surface area contributed by atoms with Crippen LogP contribution in [-0.4, -0.2) is 17.1 Å². The lowest BCUT2D eigenvalue weighted by Crippen LogP contribution is -2.36. The van der Waals surface area contributed by atoms with Crippen LogP contribution in [0.1, 0.15) is 71.5 Å². The van der Waals surface area contributed by atoms with Crippen LogP contribution in [0.3, 0.4) is 0 Å². The molecule has 0 fully saturated rings. The zero-order valence-corrected chi connectivity index (χ0v) is 14.2. The summed E-state index contributed by atoms with van der Waals surface area (Å²) in [6, 6.07) is 1.11. The van der Waals surface area contributed by atoms with Gasteiger partial charge >= 0.3 is 0 Å². The summed E-state index contributed by atoms with van der Waals surface area (Å²) in [6.07, 6.45) is 4.88. The van der Waals surface area contributed by atoms with E-state index in [4.69, 9.17) is 4.98 Å². The molecule has 0 bridgehead atoms. The van der Waals surface area contributed by atoms with Crippen LogP contribution in [0.4, 0.5) is 0 Å². The Labute approximate surface area is 123 Å². The fourth-order valence-corrected chi connectivity index (χ4v) is 3.23. The van der Waals surface area contributed by atoms with E-state index in [-0.39, 0.29) is 5.41 Å². The van der Waals surface area contributed by atoms with Crippen LogP contribution in [0.15, 0.2) is 5.38 Å². The van der Waals surface area contributed by atoms with Gasteiger partial charge in [0.1, 0.15) is 0 Å². The van der Waals surface area contributed by atoms with Crippen molar-refractivity contribution in [2.45, 2.75) is 84.7 Å². The molecule has 0 amide bonds. The summed E-state index contributed by atoms with van der Waals surface area (Å²) < 4.78 is 0. The second kappa shape index (κ2) is 7.39. The van der Waals surface area contributed by atoms with Gasteiger partial charge < -0.3 is 5.32 Å². The molecule has 2 nitrogen and oxygen atoms in total. The number of hydrogen-bond donors (Lipinski definition) is 1. The molecule has 0 saturated heterocycles. The Bertz CT molecular complexity index is 363. The Hall–Kier alpha value is -0.410. The number of nitrogens with one attached hydrogen (secondary N) is 1. The molecule has 0 aliphatic rings. The highest BCUT2D eigenvalue weighted by Crippen LogP contribution is 2.24. The van der Waals surface area contributed by atoms with Gasteiger partial charge in [0.25, 0.3) is 0 Å². The molecule has 19 heavy (non-hydrogen) atoms. The van der Waals surface area contributed by atoms with Gasteiger partial charge in [-0.2, -0.15) is 0 Å². The van der Waals surface area contributed by atoms with Gasteiger partial charge in [0.05, 0.1) is 10.7 Å². The molecule has 110 valence electrons. The number of aromatic nitrogens is 1. The third-order valence-corrected chi connectivity index (χ3v) is 4.09. The van der Waals surface area contributed by atoms with Crippen molar-refractivity contribution in [1.29, 1.82) is 0 Å². The normalized spacial score (nSPS) is 14.1. The molecule has 0 aromatic carbocycles. The average molecular weight is 282 g/mol. The Morgan fingerprint density at radius 3 is 2.47 bits per heavy atom. The van der Waals surface area contributed by atoms with E-state index < -0.39 is 0 Å². The van der Waals surface area contributed by atoms with Crippen LogP contribution in [-0.2, 0) is 11.8 Å². The van der Waals surface area contributed by atoms with Crippen LogP contribution in [0.2, 0.25) is 0 Å². The summed E-state index contributed by atoms with van der Waals surface area (Å²) in [6.45, 7) is 13.4. The first-order valence-electron chi connectivity index (χ1n) is 7.53. The van der Waals surface area contributed by atoms with E-state index in [1.165, 1.54) is 30.0 Å². The van der Waals surface area contributed by atoms with Crippen LogP contribution in [0.25, 0.3) is 0 Å². The Morgan fingerprint density at radius 2 is 2.00 bits per heavy atom.